The normalized spacial score (nSPS) is 10.7. The van der Waals surface area contributed by atoms with Gasteiger partial charge in [-0.2, -0.15) is 0 Å². The van der Waals surface area contributed by atoms with E-state index < -0.39 is 23.4 Å². The van der Waals surface area contributed by atoms with Crippen molar-refractivity contribution in [3.63, 3.8) is 0 Å². The number of carbonyl (C=O) groups is 3. The predicted octanol–water partition coefficient (Wildman–Crippen LogP) is 1.83. The molecule has 9 nitrogen and oxygen atoms in total. The molecule has 2 aromatic heterocycles. The maximum absolute atomic E-state index is 12.8. The van der Waals surface area contributed by atoms with E-state index in [9.17, 15) is 19.2 Å². The number of benzene rings is 1. The number of fused-ring (bicyclic) bond motifs is 3. The Morgan fingerprint density at radius 2 is 1.83 bits per heavy atom. The third kappa shape index (κ3) is 3.79. The Morgan fingerprint density at radius 3 is 2.52 bits per heavy atom. The van der Waals surface area contributed by atoms with Gasteiger partial charge in [-0.3, -0.25) is 14.0 Å². The molecule has 0 unspecified atom stereocenters. The number of pyridine rings is 1. The van der Waals surface area contributed by atoms with Crippen LogP contribution in [0, 0.1) is 6.92 Å². The molecule has 0 atom stereocenters. The minimum absolute atomic E-state index is 0.0867. The van der Waals surface area contributed by atoms with Gasteiger partial charge in [-0.1, -0.05) is 6.07 Å². The Hall–Kier alpha value is -3.75. The zero-order valence-electron chi connectivity index (χ0n) is 16.1. The molecule has 150 valence electrons. The smallest absolute Gasteiger partial charge is 0.397 e. The third-order valence-corrected chi connectivity index (χ3v) is 4.22. The van der Waals surface area contributed by atoms with E-state index in [1.807, 2.05) is 6.92 Å². The minimum atomic E-state index is -0.991. The van der Waals surface area contributed by atoms with Crippen LogP contribution in [-0.2, 0) is 19.1 Å². The lowest BCUT2D eigenvalue weighted by atomic mass is 10.1. The lowest BCUT2D eigenvalue weighted by Crippen LogP contribution is -2.25. The SMILES string of the molecule is CCOC(=O)C(=O)Nc1ccc2c(C)cn3c(=O)c(C(=O)OCC)cnc3c2c1. The number of aromatic nitrogens is 2. The van der Waals surface area contributed by atoms with Gasteiger partial charge >= 0.3 is 17.8 Å². The number of anilines is 1. The Balaban J connectivity index is 2.13. The Bertz CT molecular complexity index is 1200. The van der Waals surface area contributed by atoms with E-state index in [0.29, 0.717) is 16.7 Å². The van der Waals surface area contributed by atoms with Crippen LogP contribution in [0.15, 0.2) is 35.4 Å². The number of esters is 2. The molecule has 0 spiro atoms. The molecule has 1 amide bonds. The summed E-state index contributed by atoms with van der Waals surface area (Å²) in [5.41, 5.74) is 0.678. The van der Waals surface area contributed by atoms with Crippen LogP contribution in [0.25, 0.3) is 16.4 Å². The van der Waals surface area contributed by atoms with Crippen LogP contribution in [0.3, 0.4) is 0 Å². The van der Waals surface area contributed by atoms with Gasteiger partial charge in [0.25, 0.3) is 5.56 Å². The van der Waals surface area contributed by atoms with Crippen molar-refractivity contribution in [1.29, 1.82) is 0 Å². The number of aryl methyl sites for hydroxylation is 1. The summed E-state index contributed by atoms with van der Waals surface area (Å²) in [4.78, 5) is 52.4. The highest BCUT2D eigenvalue weighted by molar-refractivity contribution is 6.37. The van der Waals surface area contributed by atoms with Crippen molar-refractivity contribution >= 4 is 40.0 Å². The van der Waals surface area contributed by atoms with Gasteiger partial charge in [0, 0.05) is 23.5 Å². The van der Waals surface area contributed by atoms with Crippen molar-refractivity contribution in [3.05, 3.63) is 52.1 Å². The van der Waals surface area contributed by atoms with Gasteiger partial charge in [0.15, 0.2) is 0 Å². The first-order valence-corrected chi connectivity index (χ1v) is 8.97. The number of rotatable bonds is 4. The number of carbonyl (C=O) groups excluding carboxylic acids is 3. The van der Waals surface area contributed by atoms with E-state index >= 15 is 0 Å². The second kappa shape index (κ2) is 8.09. The number of hydrogen-bond donors (Lipinski definition) is 1. The van der Waals surface area contributed by atoms with E-state index in [1.165, 1.54) is 10.6 Å². The molecule has 0 aliphatic heterocycles. The van der Waals surface area contributed by atoms with Crippen molar-refractivity contribution in [2.45, 2.75) is 20.8 Å². The van der Waals surface area contributed by atoms with Crippen molar-refractivity contribution in [3.8, 4) is 0 Å². The van der Waals surface area contributed by atoms with Gasteiger partial charge < -0.3 is 14.8 Å². The predicted molar refractivity (Wildman–Crippen MR) is 105 cm³/mol. The van der Waals surface area contributed by atoms with Crippen LogP contribution in [0.5, 0.6) is 0 Å². The molecular weight excluding hydrogens is 378 g/mol. The summed E-state index contributed by atoms with van der Waals surface area (Å²) in [7, 11) is 0. The monoisotopic (exact) mass is 397 g/mol. The van der Waals surface area contributed by atoms with Crippen LogP contribution in [-0.4, -0.2) is 40.4 Å². The first-order chi connectivity index (χ1) is 13.9. The molecule has 1 N–H and O–H groups in total. The number of ether oxygens (including phenoxy) is 2. The maximum Gasteiger partial charge on any atom is 0.397 e. The largest absolute Gasteiger partial charge is 0.462 e. The molecule has 0 aliphatic rings. The first-order valence-electron chi connectivity index (χ1n) is 8.97. The fourth-order valence-corrected chi connectivity index (χ4v) is 2.93. The topological polar surface area (TPSA) is 116 Å². The zero-order valence-corrected chi connectivity index (χ0v) is 16.1. The van der Waals surface area contributed by atoms with Gasteiger partial charge in [0.2, 0.25) is 0 Å². The van der Waals surface area contributed by atoms with Crippen LogP contribution in [0.4, 0.5) is 5.69 Å². The molecule has 9 heteroatoms. The van der Waals surface area contributed by atoms with Crippen LogP contribution in [0.1, 0.15) is 29.8 Å². The summed E-state index contributed by atoms with van der Waals surface area (Å²) in [5.74, 6) is -2.64. The van der Waals surface area contributed by atoms with Crippen molar-refractivity contribution in [1.82, 2.24) is 9.38 Å². The molecule has 0 bridgehead atoms. The summed E-state index contributed by atoms with van der Waals surface area (Å²) in [6.07, 6.45) is 2.76. The van der Waals surface area contributed by atoms with E-state index in [1.54, 1.807) is 38.2 Å². The second-order valence-corrected chi connectivity index (χ2v) is 6.14. The van der Waals surface area contributed by atoms with Crippen LogP contribution in [0.2, 0.25) is 0 Å². The molecule has 2 heterocycles. The number of nitrogens with zero attached hydrogens (tertiary/aromatic N) is 2. The van der Waals surface area contributed by atoms with E-state index in [0.717, 1.165) is 10.9 Å². The summed E-state index contributed by atoms with van der Waals surface area (Å²) in [6, 6.07) is 4.98. The summed E-state index contributed by atoms with van der Waals surface area (Å²) >= 11 is 0. The standard InChI is InChI=1S/C20H19N3O6/c1-4-28-19(26)15-9-21-16-14-8-12(22-17(24)20(27)29-5-2)6-7-13(14)11(3)10-23(16)18(15)25/h6-10H,4-5H2,1-3H3,(H,22,24). The quantitative estimate of drug-likeness (QED) is 0.406. The lowest BCUT2D eigenvalue weighted by molar-refractivity contribution is -0.152. The van der Waals surface area contributed by atoms with Crippen molar-refractivity contribution in [2.75, 3.05) is 18.5 Å². The van der Waals surface area contributed by atoms with Crippen LogP contribution >= 0.6 is 0 Å². The Morgan fingerprint density at radius 1 is 1.10 bits per heavy atom. The number of nitrogens with one attached hydrogen (secondary N) is 1. The molecule has 3 rings (SSSR count). The molecule has 0 aliphatic carbocycles. The van der Waals surface area contributed by atoms with Crippen molar-refractivity contribution < 1.29 is 23.9 Å². The van der Waals surface area contributed by atoms with E-state index in [-0.39, 0.29) is 18.8 Å². The third-order valence-electron chi connectivity index (χ3n) is 4.22. The van der Waals surface area contributed by atoms with Crippen LogP contribution < -0.4 is 10.9 Å². The molecule has 0 saturated heterocycles. The molecule has 0 radical (unpaired) electrons. The number of amides is 1. The van der Waals surface area contributed by atoms with Gasteiger partial charge in [-0.25, -0.2) is 14.6 Å². The highest BCUT2D eigenvalue weighted by atomic mass is 16.5. The second-order valence-electron chi connectivity index (χ2n) is 6.14. The maximum atomic E-state index is 12.8. The average molecular weight is 397 g/mol. The molecular formula is C20H19N3O6. The Kier molecular flexibility index (Phi) is 5.58. The molecule has 3 aromatic rings. The fourth-order valence-electron chi connectivity index (χ4n) is 2.93. The van der Waals surface area contributed by atoms with E-state index in [4.69, 9.17) is 4.74 Å². The lowest BCUT2D eigenvalue weighted by Gasteiger charge is -2.11. The van der Waals surface area contributed by atoms with Crippen molar-refractivity contribution in [2.24, 2.45) is 0 Å². The zero-order chi connectivity index (χ0) is 21.1. The Labute approximate surface area is 165 Å². The summed E-state index contributed by atoms with van der Waals surface area (Å²) in [6.45, 7) is 5.28. The van der Waals surface area contributed by atoms with Gasteiger partial charge in [0.1, 0.15) is 11.2 Å². The van der Waals surface area contributed by atoms with Gasteiger partial charge in [-0.15, -0.1) is 0 Å². The molecule has 1 aromatic carbocycles. The highest BCUT2D eigenvalue weighted by Gasteiger charge is 2.18. The summed E-state index contributed by atoms with van der Waals surface area (Å²) in [5, 5.41) is 3.83. The molecule has 0 fully saturated rings. The first kappa shape index (κ1) is 20.0. The average Bonchev–Trinajstić information content (AvgIpc) is 2.69. The number of hydrogen-bond acceptors (Lipinski definition) is 7. The van der Waals surface area contributed by atoms with Gasteiger partial charge in [0.05, 0.1) is 13.2 Å². The molecule has 0 saturated carbocycles. The van der Waals surface area contributed by atoms with Gasteiger partial charge in [-0.05, 0) is 43.9 Å². The molecule has 29 heavy (non-hydrogen) atoms. The van der Waals surface area contributed by atoms with E-state index in [2.05, 4.69) is 15.0 Å². The highest BCUT2D eigenvalue weighted by Crippen LogP contribution is 2.25. The minimum Gasteiger partial charge on any atom is -0.462 e. The fraction of sp³-hybridized carbons (Fsp3) is 0.250. The summed E-state index contributed by atoms with van der Waals surface area (Å²) < 4.78 is 10.8.